The highest BCUT2D eigenvalue weighted by molar-refractivity contribution is 6.30. The van der Waals surface area contributed by atoms with E-state index in [4.69, 9.17) is 16.4 Å². The maximum Gasteiger partial charge on any atom is 0.341 e. The minimum absolute atomic E-state index is 0.148. The number of rotatable bonds is 1. The Morgan fingerprint density at radius 1 is 1.11 bits per heavy atom. The van der Waals surface area contributed by atoms with Gasteiger partial charge in [-0.2, -0.15) is 0 Å². The standard InChI is InChI=1S/C15H16ClNO2/c16-12-6-4-11(5-7-12)13-10-15(14(18)19-17-13)8-2-1-3-9-15/h4-7H,1-3,8-10H2. The summed E-state index contributed by atoms with van der Waals surface area (Å²) in [4.78, 5) is 17.1. The van der Waals surface area contributed by atoms with Gasteiger partial charge in [0.2, 0.25) is 0 Å². The summed E-state index contributed by atoms with van der Waals surface area (Å²) >= 11 is 5.89. The number of carbonyl (C=O) groups is 1. The highest BCUT2D eigenvalue weighted by Gasteiger charge is 2.45. The van der Waals surface area contributed by atoms with E-state index in [2.05, 4.69) is 5.16 Å². The van der Waals surface area contributed by atoms with Crippen LogP contribution in [0, 0.1) is 5.41 Å². The lowest BCUT2D eigenvalue weighted by molar-refractivity contribution is -0.159. The average molecular weight is 278 g/mol. The minimum Gasteiger partial charge on any atom is -0.317 e. The quantitative estimate of drug-likeness (QED) is 0.729. The molecule has 1 saturated carbocycles. The zero-order chi connectivity index (χ0) is 13.3. The van der Waals surface area contributed by atoms with Crippen LogP contribution in [0.1, 0.15) is 44.1 Å². The fourth-order valence-corrected chi connectivity index (χ4v) is 3.15. The summed E-state index contributed by atoms with van der Waals surface area (Å²) in [5, 5.41) is 4.68. The van der Waals surface area contributed by atoms with Gasteiger partial charge in [-0.05, 0) is 30.5 Å². The van der Waals surface area contributed by atoms with Gasteiger partial charge in [-0.1, -0.05) is 48.2 Å². The molecule has 0 unspecified atom stereocenters. The zero-order valence-electron chi connectivity index (χ0n) is 10.7. The van der Waals surface area contributed by atoms with Crippen molar-refractivity contribution in [1.29, 1.82) is 0 Å². The van der Waals surface area contributed by atoms with Gasteiger partial charge in [0.1, 0.15) is 0 Å². The van der Waals surface area contributed by atoms with Crippen LogP contribution < -0.4 is 0 Å². The zero-order valence-corrected chi connectivity index (χ0v) is 11.4. The van der Waals surface area contributed by atoms with E-state index < -0.39 is 0 Å². The molecule has 1 aliphatic heterocycles. The van der Waals surface area contributed by atoms with Crippen LogP contribution >= 0.6 is 11.6 Å². The lowest BCUT2D eigenvalue weighted by atomic mass is 9.70. The molecule has 1 aromatic carbocycles. The van der Waals surface area contributed by atoms with E-state index in [1.807, 2.05) is 24.3 Å². The maximum absolute atomic E-state index is 12.1. The molecule has 1 spiro atoms. The second-order valence-electron chi connectivity index (χ2n) is 5.44. The Balaban J connectivity index is 1.88. The summed E-state index contributed by atoms with van der Waals surface area (Å²) < 4.78 is 0. The van der Waals surface area contributed by atoms with Crippen molar-refractivity contribution in [3.63, 3.8) is 0 Å². The summed E-state index contributed by atoms with van der Waals surface area (Å²) in [7, 11) is 0. The Bertz CT molecular complexity index is 515. The van der Waals surface area contributed by atoms with Gasteiger partial charge >= 0.3 is 5.97 Å². The van der Waals surface area contributed by atoms with E-state index >= 15 is 0 Å². The van der Waals surface area contributed by atoms with Gasteiger partial charge in [-0.25, -0.2) is 4.79 Å². The first-order chi connectivity index (χ1) is 9.20. The first-order valence-corrected chi connectivity index (χ1v) is 7.12. The summed E-state index contributed by atoms with van der Waals surface area (Å²) in [5.74, 6) is -0.148. The molecule has 0 saturated heterocycles. The van der Waals surface area contributed by atoms with Crippen molar-refractivity contribution in [1.82, 2.24) is 0 Å². The van der Waals surface area contributed by atoms with E-state index in [1.54, 1.807) is 0 Å². The SMILES string of the molecule is O=C1ON=C(c2ccc(Cl)cc2)CC12CCCCC2. The second kappa shape index (κ2) is 4.97. The number of hydrogen-bond acceptors (Lipinski definition) is 3. The highest BCUT2D eigenvalue weighted by atomic mass is 35.5. The Morgan fingerprint density at radius 2 is 1.79 bits per heavy atom. The third kappa shape index (κ3) is 2.39. The monoisotopic (exact) mass is 277 g/mol. The number of benzene rings is 1. The normalized spacial score (nSPS) is 21.9. The van der Waals surface area contributed by atoms with Crippen LogP contribution in [-0.4, -0.2) is 11.7 Å². The molecule has 0 N–H and O–H groups in total. The number of halogens is 1. The molecule has 4 heteroatoms. The first kappa shape index (κ1) is 12.7. The van der Waals surface area contributed by atoms with E-state index in [0.29, 0.717) is 11.4 Å². The first-order valence-electron chi connectivity index (χ1n) is 6.74. The molecule has 19 heavy (non-hydrogen) atoms. The smallest absolute Gasteiger partial charge is 0.317 e. The van der Waals surface area contributed by atoms with Crippen LogP contribution in [0.25, 0.3) is 0 Å². The van der Waals surface area contributed by atoms with Crippen molar-refractivity contribution >= 4 is 23.3 Å². The molecule has 1 fully saturated rings. The van der Waals surface area contributed by atoms with Gasteiger partial charge in [0.25, 0.3) is 0 Å². The lowest BCUT2D eigenvalue weighted by Gasteiger charge is -2.36. The molecular weight excluding hydrogens is 262 g/mol. The van der Waals surface area contributed by atoms with Crippen LogP contribution in [0.2, 0.25) is 5.02 Å². The topological polar surface area (TPSA) is 38.7 Å². The van der Waals surface area contributed by atoms with Gasteiger partial charge in [0, 0.05) is 11.4 Å². The highest BCUT2D eigenvalue weighted by Crippen LogP contribution is 2.43. The largest absolute Gasteiger partial charge is 0.341 e. The molecule has 3 nitrogen and oxygen atoms in total. The predicted molar refractivity (Wildman–Crippen MR) is 74.2 cm³/mol. The number of carbonyl (C=O) groups excluding carboxylic acids is 1. The van der Waals surface area contributed by atoms with E-state index in [0.717, 1.165) is 37.0 Å². The second-order valence-corrected chi connectivity index (χ2v) is 5.88. The fraction of sp³-hybridized carbons (Fsp3) is 0.467. The van der Waals surface area contributed by atoms with Crippen LogP contribution in [0.15, 0.2) is 29.4 Å². The van der Waals surface area contributed by atoms with Crippen molar-refractivity contribution in [3.8, 4) is 0 Å². The average Bonchev–Trinajstić information content (AvgIpc) is 2.44. The van der Waals surface area contributed by atoms with E-state index in [1.165, 1.54) is 6.42 Å². The molecule has 0 aromatic heterocycles. The van der Waals surface area contributed by atoms with Crippen LogP contribution in [-0.2, 0) is 9.63 Å². The number of oxime groups is 1. The minimum atomic E-state index is -0.338. The summed E-state index contributed by atoms with van der Waals surface area (Å²) in [6.45, 7) is 0. The predicted octanol–water partition coefficient (Wildman–Crippen LogP) is 3.94. The van der Waals surface area contributed by atoms with Crippen molar-refractivity contribution in [3.05, 3.63) is 34.9 Å². The molecule has 3 rings (SSSR count). The van der Waals surface area contributed by atoms with E-state index in [9.17, 15) is 4.79 Å². The molecule has 1 aliphatic carbocycles. The Morgan fingerprint density at radius 3 is 2.47 bits per heavy atom. The molecule has 1 aromatic rings. The third-order valence-corrected chi connectivity index (χ3v) is 4.42. The van der Waals surface area contributed by atoms with Crippen molar-refractivity contribution < 1.29 is 9.63 Å². The van der Waals surface area contributed by atoms with Crippen molar-refractivity contribution in [2.45, 2.75) is 38.5 Å². The van der Waals surface area contributed by atoms with Crippen LogP contribution in [0.5, 0.6) is 0 Å². The van der Waals surface area contributed by atoms with Crippen molar-refractivity contribution in [2.75, 3.05) is 0 Å². The lowest BCUT2D eigenvalue weighted by Crippen LogP contribution is -2.39. The van der Waals surface area contributed by atoms with Crippen LogP contribution in [0.4, 0.5) is 0 Å². The number of nitrogens with zero attached hydrogens (tertiary/aromatic N) is 1. The van der Waals surface area contributed by atoms with Gasteiger partial charge < -0.3 is 4.84 Å². The summed E-state index contributed by atoms with van der Waals surface area (Å²) in [6, 6.07) is 7.53. The van der Waals surface area contributed by atoms with Gasteiger partial charge in [0.15, 0.2) is 0 Å². The molecule has 2 aliphatic rings. The molecule has 1 heterocycles. The molecule has 0 amide bonds. The maximum atomic E-state index is 12.1. The van der Waals surface area contributed by atoms with Gasteiger partial charge in [-0.15, -0.1) is 0 Å². The molecular formula is C15H16ClNO2. The summed E-state index contributed by atoms with van der Waals surface area (Å²) in [5.41, 5.74) is 1.51. The fourth-order valence-electron chi connectivity index (χ4n) is 3.02. The van der Waals surface area contributed by atoms with E-state index in [-0.39, 0.29) is 11.4 Å². The molecule has 0 radical (unpaired) electrons. The Labute approximate surface area is 117 Å². The van der Waals surface area contributed by atoms with Gasteiger partial charge in [0.05, 0.1) is 11.1 Å². The number of hydrogen-bond donors (Lipinski definition) is 0. The third-order valence-electron chi connectivity index (χ3n) is 4.17. The van der Waals surface area contributed by atoms with Crippen LogP contribution in [0.3, 0.4) is 0 Å². The Kier molecular flexibility index (Phi) is 3.31. The van der Waals surface area contributed by atoms with Crippen molar-refractivity contribution in [2.24, 2.45) is 10.6 Å². The van der Waals surface area contributed by atoms with Gasteiger partial charge in [-0.3, -0.25) is 0 Å². The molecule has 100 valence electrons. The molecule has 0 atom stereocenters. The molecule has 0 bridgehead atoms. The summed E-state index contributed by atoms with van der Waals surface area (Å²) in [6.07, 6.45) is 5.93. The Hall–Kier alpha value is -1.35.